The van der Waals surface area contributed by atoms with Crippen LogP contribution in [0.25, 0.3) is 0 Å². The molecule has 0 aromatic carbocycles. The van der Waals surface area contributed by atoms with E-state index in [1.807, 2.05) is 0 Å². The molecule has 0 aliphatic heterocycles. The number of aliphatic hydroxyl groups excluding tert-OH is 1. The Bertz CT molecular complexity index is 278. The van der Waals surface area contributed by atoms with Crippen molar-refractivity contribution in [3.05, 3.63) is 23.8 Å². The van der Waals surface area contributed by atoms with E-state index in [1.165, 1.54) is 13.0 Å². The maximum atomic E-state index is 10.2. The van der Waals surface area contributed by atoms with E-state index in [2.05, 4.69) is 11.5 Å². The van der Waals surface area contributed by atoms with E-state index in [9.17, 15) is 9.59 Å². The largest absolute Gasteiger partial charge is 0.478 e. The second-order valence-corrected chi connectivity index (χ2v) is 3.04. The fraction of sp³-hybridized carbons (Fsp3) is 0.455. The van der Waals surface area contributed by atoms with E-state index >= 15 is 0 Å². The van der Waals surface area contributed by atoms with Gasteiger partial charge in [0.25, 0.3) is 0 Å². The lowest BCUT2D eigenvalue weighted by Crippen LogP contribution is -2.02. The third kappa shape index (κ3) is 10.6. The van der Waals surface area contributed by atoms with Gasteiger partial charge in [-0.15, -0.1) is 0 Å². The quantitative estimate of drug-likeness (QED) is 0.384. The van der Waals surface area contributed by atoms with Crippen LogP contribution in [0.15, 0.2) is 23.8 Å². The molecule has 3 N–H and O–H groups in total. The summed E-state index contributed by atoms with van der Waals surface area (Å²) in [7, 11) is 0. The Kier molecular flexibility index (Phi) is 11.3. The number of hydrogen-bond donors (Lipinski definition) is 3. The summed E-state index contributed by atoms with van der Waals surface area (Å²) in [5, 5.41) is 24.2. The summed E-state index contributed by atoms with van der Waals surface area (Å²) >= 11 is 0. The number of hydrogen-bond acceptors (Lipinski definition) is 5. The third-order valence-electron chi connectivity index (χ3n) is 1.72. The van der Waals surface area contributed by atoms with Crippen molar-refractivity contribution in [1.29, 1.82) is 0 Å². The van der Waals surface area contributed by atoms with E-state index < -0.39 is 11.9 Å². The van der Waals surface area contributed by atoms with Crippen molar-refractivity contribution >= 4 is 11.9 Å². The van der Waals surface area contributed by atoms with Gasteiger partial charge < -0.3 is 10.2 Å². The van der Waals surface area contributed by atoms with Gasteiger partial charge in [0.2, 0.25) is 0 Å². The summed E-state index contributed by atoms with van der Waals surface area (Å²) in [6.45, 7) is 6.56. The van der Waals surface area contributed by atoms with Crippen molar-refractivity contribution in [2.24, 2.45) is 0 Å². The minimum absolute atomic E-state index is 0.00458. The van der Waals surface area contributed by atoms with Crippen molar-refractivity contribution in [2.45, 2.75) is 26.7 Å². The van der Waals surface area contributed by atoms with Gasteiger partial charge in [0, 0.05) is 17.8 Å². The minimum atomic E-state index is -0.927. The van der Waals surface area contributed by atoms with E-state index in [0.717, 1.165) is 0 Å². The van der Waals surface area contributed by atoms with Gasteiger partial charge in [0.1, 0.15) is 0 Å². The molecule has 0 saturated carbocycles. The number of carboxylic acids is 1. The molecular weight excluding hydrogens is 228 g/mol. The Balaban J connectivity index is 0. The molecule has 0 saturated heterocycles. The molecule has 0 spiro atoms. The first-order chi connectivity index (χ1) is 7.90. The van der Waals surface area contributed by atoms with Gasteiger partial charge in [-0.1, -0.05) is 19.6 Å². The summed E-state index contributed by atoms with van der Waals surface area (Å²) in [6.07, 6.45) is 2.40. The first-order valence-electron chi connectivity index (χ1n) is 4.95. The summed E-state index contributed by atoms with van der Waals surface area (Å²) in [5.41, 5.74) is 0.552. The van der Waals surface area contributed by atoms with Crippen LogP contribution in [-0.2, 0) is 14.5 Å². The molecular formula is C11H18O6. The van der Waals surface area contributed by atoms with Crippen LogP contribution in [0.5, 0.6) is 0 Å². The van der Waals surface area contributed by atoms with Crippen molar-refractivity contribution in [1.82, 2.24) is 0 Å². The normalized spacial score (nSPS) is 10.0. The van der Waals surface area contributed by atoms with Crippen LogP contribution in [0, 0.1) is 0 Å². The molecule has 98 valence electrons. The topological polar surface area (TPSA) is 104 Å². The highest BCUT2D eigenvalue weighted by atomic mass is 17.1. The smallest absolute Gasteiger partial charge is 0.368 e. The molecule has 0 atom stereocenters. The molecule has 0 bridgehead atoms. The van der Waals surface area contributed by atoms with E-state index in [0.29, 0.717) is 12.8 Å². The molecule has 0 aromatic heterocycles. The van der Waals surface area contributed by atoms with Crippen LogP contribution in [0.1, 0.15) is 26.7 Å². The molecule has 0 fully saturated rings. The molecule has 6 nitrogen and oxygen atoms in total. The lowest BCUT2D eigenvalue weighted by atomic mass is 10.2. The van der Waals surface area contributed by atoms with Crippen LogP contribution >= 0.6 is 0 Å². The zero-order valence-electron chi connectivity index (χ0n) is 9.97. The number of carbonyl (C=O) groups excluding carboxylic acids is 1. The zero-order chi connectivity index (χ0) is 13.8. The van der Waals surface area contributed by atoms with Crippen LogP contribution in [0.4, 0.5) is 0 Å². The first-order valence-corrected chi connectivity index (χ1v) is 4.95. The zero-order valence-corrected chi connectivity index (χ0v) is 9.97. The van der Waals surface area contributed by atoms with E-state index in [4.69, 9.17) is 15.5 Å². The predicted molar refractivity (Wildman–Crippen MR) is 61.2 cm³/mol. The maximum absolute atomic E-state index is 10.2. The Morgan fingerprint density at radius 3 is 2.18 bits per heavy atom. The van der Waals surface area contributed by atoms with Gasteiger partial charge in [0.15, 0.2) is 0 Å². The molecule has 0 radical (unpaired) electrons. The molecule has 0 unspecified atom stereocenters. The molecule has 17 heavy (non-hydrogen) atoms. The Labute approximate surface area is 99.8 Å². The molecule has 0 heterocycles. The summed E-state index contributed by atoms with van der Waals surface area (Å²) in [4.78, 5) is 23.6. The Hall–Kier alpha value is -1.66. The van der Waals surface area contributed by atoms with Gasteiger partial charge in [0.05, 0.1) is 0 Å². The summed E-state index contributed by atoms with van der Waals surface area (Å²) < 4.78 is 0. The van der Waals surface area contributed by atoms with Crippen molar-refractivity contribution < 1.29 is 29.9 Å². The number of rotatable bonds is 5. The number of carbonyl (C=O) groups is 2. The molecule has 0 rings (SSSR count). The lowest BCUT2D eigenvalue weighted by Gasteiger charge is -1.93. The monoisotopic (exact) mass is 246 g/mol. The molecule has 0 amide bonds. The van der Waals surface area contributed by atoms with Crippen LogP contribution in [-0.4, -0.2) is 34.0 Å². The van der Waals surface area contributed by atoms with Crippen LogP contribution in [0.2, 0.25) is 0 Å². The predicted octanol–water partition coefficient (Wildman–Crippen LogP) is 1.37. The summed E-state index contributed by atoms with van der Waals surface area (Å²) in [6, 6.07) is 0. The number of aliphatic hydroxyl groups is 1. The highest BCUT2D eigenvalue weighted by Crippen LogP contribution is 1.96. The average Bonchev–Trinajstić information content (AvgIpc) is 2.34. The fourth-order valence-corrected chi connectivity index (χ4v) is 0.577. The maximum Gasteiger partial charge on any atom is 0.368 e. The highest BCUT2D eigenvalue weighted by Gasteiger charge is 2.03. The average molecular weight is 246 g/mol. The molecule has 0 aliphatic rings. The van der Waals surface area contributed by atoms with Gasteiger partial charge >= 0.3 is 11.9 Å². The van der Waals surface area contributed by atoms with Gasteiger partial charge in [-0.3, -0.25) is 4.89 Å². The Morgan fingerprint density at radius 1 is 1.41 bits per heavy atom. The molecule has 6 heteroatoms. The van der Waals surface area contributed by atoms with E-state index in [-0.39, 0.29) is 17.8 Å². The van der Waals surface area contributed by atoms with Crippen molar-refractivity contribution in [3.63, 3.8) is 0 Å². The molecule has 0 aromatic rings. The van der Waals surface area contributed by atoms with Crippen LogP contribution in [0.3, 0.4) is 0 Å². The SMILES string of the molecule is C=C(CC)C(=O)OO.CC(=CCCO)C(=O)O. The molecule has 0 aliphatic carbocycles. The van der Waals surface area contributed by atoms with Crippen molar-refractivity contribution in [3.8, 4) is 0 Å². The fourth-order valence-electron chi connectivity index (χ4n) is 0.577. The van der Waals surface area contributed by atoms with Gasteiger partial charge in [-0.25, -0.2) is 9.59 Å². The number of aliphatic carboxylic acids is 1. The van der Waals surface area contributed by atoms with Gasteiger partial charge in [-0.05, 0) is 19.8 Å². The minimum Gasteiger partial charge on any atom is -0.478 e. The lowest BCUT2D eigenvalue weighted by molar-refractivity contribution is -0.229. The Morgan fingerprint density at radius 2 is 1.94 bits per heavy atom. The van der Waals surface area contributed by atoms with Gasteiger partial charge in [-0.2, -0.15) is 5.26 Å². The van der Waals surface area contributed by atoms with Crippen LogP contribution < -0.4 is 0 Å². The first kappa shape index (κ1) is 17.7. The van der Waals surface area contributed by atoms with Crippen molar-refractivity contribution in [2.75, 3.05) is 6.61 Å². The second-order valence-electron chi connectivity index (χ2n) is 3.04. The van der Waals surface area contributed by atoms with E-state index in [1.54, 1.807) is 6.92 Å². The number of carboxylic acid groups (broad SMARTS) is 1. The summed E-state index contributed by atoms with van der Waals surface area (Å²) in [5.74, 6) is -1.68. The standard InChI is InChI=1S/C6H10O3.C5H8O3/c1-5(6(8)9)3-2-4-7;1-3-4(2)5(6)8-7/h3,7H,2,4H2,1H3,(H,8,9);7H,2-3H2,1H3. The third-order valence-corrected chi connectivity index (χ3v) is 1.72. The highest BCUT2D eigenvalue weighted by molar-refractivity contribution is 5.87. The second kappa shape index (κ2) is 10.8.